The van der Waals surface area contributed by atoms with Gasteiger partial charge >= 0.3 is 0 Å². The topological polar surface area (TPSA) is 76.2 Å². The molecule has 0 bridgehead atoms. The zero-order valence-corrected chi connectivity index (χ0v) is 66.4. The molecule has 0 atom stereocenters. The summed E-state index contributed by atoms with van der Waals surface area (Å²) >= 11 is 0. The Labute approximate surface area is 698 Å². The third-order valence-corrected chi connectivity index (χ3v) is 26.7. The molecule has 0 amide bonds. The van der Waals surface area contributed by atoms with Crippen molar-refractivity contribution in [3.63, 3.8) is 0 Å². The molecule has 26 aromatic rings. The van der Waals surface area contributed by atoms with Crippen LogP contribution < -0.4 is 0 Å². The third-order valence-electron chi connectivity index (χ3n) is 26.7. The van der Waals surface area contributed by atoms with Gasteiger partial charge in [0, 0.05) is 87.5 Å². The zero-order valence-electron chi connectivity index (χ0n) is 66.4. The summed E-state index contributed by atoms with van der Waals surface area (Å²) in [5.74, 6) is 1.54. The first kappa shape index (κ1) is 67.0. The summed E-state index contributed by atoms with van der Waals surface area (Å²) in [5, 5.41) is 21.1. The molecule has 1 aliphatic rings. The van der Waals surface area contributed by atoms with Crippen LogP contribution in [-0.4, -0.2) is 42.8 Å². The molecule has 0 spiro atoms. The van der Waals surface area contributed by atoms with E-state index in [1.165, 1.54) is 76.1 Å². The van der Waals surface area contributed by atoms with Crippen LogP contribution >= 0.6 is 0 Å². The van der Waals surface area contributed by atoms with E-state index in [0.29, 0.717) is 0 Å². The van der Waals surface area contributed by atoms with Crippen LogP contribution in [0.3, 0.4) is 0 Å². The first-order chi connectivity index (χ1) is 60.3. The van der Waals surface area contributed by atoms with Crippen molar-refractivity contribution in [1.82, 2.24) is 42.8 Å². The molecule has 9 nitrogen and oxygen atoms in total. The number of nitrogens with zero attached hydrogens (tertiary/aromatic N) is 9. The largest absolute Gasteiger partial charge is 0.309 e. The van der Waals surface area contributed by atoms with Gasteiger partial charge in [-0.25, -0.2) is 19.9 Å². The van der Waals surface area contributed by atoms with Crippen LogP contribution in [0.2, 0.25) is 0 Å². The van der Waals surface area contributed by atoms with E-state index in [-0.39, 0.29) is 5.41 Å². The molecule has 0 unspecified atom stereocenters. The lowest BCUT2D eigenvalue weighted by Crippen LogP contribution is -2.17. The van der Waals surface area contributed by atoms with E-state index in [9.17, 15) is 0 Å². The van der Waals surface area contributed by atoms with Crippen molar-refractivity contribution in [1.29, 1.82) is 0 Å². The highest BCUT2D eigenvalue weighted by atomic mass is 15.1. The first-order valence-corrected chi connectivity index (χ1v) is 42.0. The van der Waals surface area contributed by atoms with E-state index in [0.717, 1.165) is 183 Å². The van der Waals surface area contributed by atoms with E-state index in [4.69, 9.17) is 19.9 Å². The molecular weight excluding hydrogens is 1480 g/mol. The van der Waals surface area contributed by atoms with E-state index in [2.05, 4.69) is 419 Å². The monoisotopic (exact) mass is 1550 g/mol. The Morgan fingerprint density at radius 2 is 0.607 bits per heavy atom. The molecule has 566 valence electrons. The molecular formula is C113H69N9. The Bertz CT molecular complexity index is 9140. The minimum Gasteiger partial charge on any atom is -0.309 e. The Kier molecular flexibility index (Phi) is 13.7. The van der Waals surface area contributed by atoms with E-state index >= 15 is 0 Å². The standard InChI is InChI=1S/C113H69N9/c1-113(2)89-40-17-14-34-79(89)80-37-22-39-84(108(80)113)110-112(116-91-42-19-18-41-90(91)114-110)122-98-59-52-75(65-88(98)106-78-33-13-10-26-68(78)49-57-102(106)122)120-96-54-50-71(61-85(96)86-60-69-27-6-7-28-70(69)63-103(86)120)72-46-53-92-93(62-72)115-109(83-38-23-45-99-107(83)82-36-16-20-43-94(82)118(99)73-29-4-3-5-30-73)111(117-92)121-97-58-51-74(64-87(97)105-77-32-12-9-25-67(77)48-56-101(105)121)119-95-44-21-15-35-81(95)104-76-31-11-8-24-66(76)47-55-100(104)119/h3-65H,1-2H3. The molecule has 0 radical (unpaired) electrons. The van der Waals surface area contributed by atoms with Crippen molar-refractivity contribution in [2.24, 2.45) is 0 Å². The van der Waals surface area contributed by atoms with E-state index in [1.54, 1.807) is 0 Å². The molecule has 1 aliphatic carbocycles. The van der Waals surface area contributed by atoms with Crippen LogP contribution in [0.15, 0.2) is 382 Å². The number of hydrogen-bond donors (Lipinski definition) is 0. The van der Waals surface area contributed by atoms with Gasteiger partial charge < -0.3 is 13.7 Å². The van der Waals surface area contributed by atoms with Gasteiger partial charge in [-0.3, -0.25) is 9.13 Å². The number of rotatable bonds is 8. The summed E-state index contributed by atoms with van der Waals surface area (Å²) < 4.78 is 12.1. The SMILES string of the molecule is CC1(C)c2ccccc2-c2cccc(-c3nc4ccccc4nc3-n3c4ccc(-n5c6ccc(-c7ccc8nc(-n9c%10ccc(-n%11c%12ccccc%12c%12c%13ccccc%13ccc%12%11)cc%10c%10c%11ccccc%11ccc%109)c(-c9cccc%10c9c9ccccc9n%10-c9ccccc9)nc8c7)cc6c6cc7ccccc7cc65)cc4c4c5ccccc5ccc43)c21. The first-order valence-electron chi connectivity index (χ1n) is 42.0. The van der Waals surface area contributed by atoms with Gasteiger partial charge in [-0.15, -0.1) is 0 Å². The van der Waals surface area contributed by atoms with Gasteiger partial charge in [0.15, 0.2) is 11.6 Å². The Morgan fingerprint density at radius 3 is 1.26 bits per heavy atom. The molecule has 0 fully saturated rings. The number of para-hydroxylation sites is 5. The fraction of sp³-hybridized carbons (Fsp3) is 0.0265. The van der Waals surface area contributed by atoms with Crippen LogP contribution in [0.5, 0.6) is 0 Å². The molecule has 122 heavy (non-hydrogen) atoms. The van der Waals surface area contributed by atoms with Gasteiger partial charge in [-0.2, -0.15) is 0 Å². The molecule has 0 saturated heterocycles. The lowest BCUT2D eigenvalue weighted by Gasteiger charge is -2.25. The molecule has 0 N–H and O–H groups in total. The molecule has 9 heteroatoms. The van der Waals surface area contributed by atoms with Crippen molar-refractivity contribution >= 4 is 174 Å². The van der Waals surface area contributed by atoms with Crippen LogP contribution in [0.25, 0.3) is 248 Å². The highest BCUT2D eigenvalue weighted by molar-refractivity contribution is 6.26. The summed E-state index contributed by atoms with van der Waals surface area (Å²) in [4.78, 5) is 23.5. The predicted molar refractivity (Wildman–Crippen MR) is 508 cm³/mol. The Hall–Kier alpha value is -16.1. The second kappa shape index (κ2) is 25.0. The van der Waals surface area contributed by atoms with Crippen molar-refractivity contribution in [3.8, 4) is 73.5 Å². The van der Waals surface area contributed by atoms with E-state index in [1.807, 2.05) is 0 Å². The third kappa shape index (κ3) is 9.36. The Balaban J connectivity index is 0.668. The Morgan fingerprint density at radius 1 is 0.205 bits per heavy atom. The van der Waals surface area contributed by atoms with Gasteiger partial charge in [0.1, 0.15) is 11.4 Å². The summed E-state index contributed by atoms with van der Waals surface area (Å²) in [5.41, 5.74) is 28.0. The lowest BCUT2D eigenvalue weighted by atomic mass is 9.79. The second-order valence-corrected chi connectivity index (χ2v) is 33.5. The second-order valence-electron chi connectivity index (χ2n) is 33.5. The average molecular weight is 1550 g/mol. The molecule has 0 aliphatic heterocycles. The van der Waals surface area contributed by atoms with Gasteiger partial charge in [-0.1, -0.05) is 263 Å². The van der Waals surface area contributed by atoms with Crippen molar-refractivity contribution in [3.05, 3.63) is 393 Å². The minimum absolute atomic E-state index is 0.300. The maximum Gasteiger partial charge on any atom is 0.165 e. The average Bonchev–Trinajstić information content (AvgIpc) is 1.54. The predicted octanol–water partition coefficient (Wildman–Crippen LogP) is 29.0. The van der Waals surface area contributed by atoms with Gasteiger partial charge in [-0.05, 0) is 210 Å². The maximum atomic E-state index is 6.08. The normalized spacial score (nSPS) is 12.9. The van der Waals surface area contributed by atoms with Crippen LogP contribution in [0.4, 0.5) is 0 Å². The highest BCUT2D eigenvalue weighted by Crippen LogP contribution is 2.54. The molecule has 0 saturated carbocycles. The minimum atomic E-state index is -0.300. The number of benzene rings is 19. The van der Waals surface area contributed by atoms with Crippen LogP contribution in [0, 0.1) is 0 Å². The van der Waals surface area contributed by atoms with E-state index < -0.39 is 0 Å². The van der Waals surface area contributed by atoms with Crippen molar-refractivity contribution in [2.75, 3.05) is 0 Å². The quantitative estimate of drug-likeness (QED) is 0.152. The van der Waals surface area contributed by atoms with Gasteiger partial charge in [0.05, 0.1) is 77.2 Å². The van der Waals surface area contributed by atoms with Gasteiger partial charge in [0.2, 0.25) is 0 Å². The summed E-state index contributed by atoms with van der Waals surface area (Å²) in [6, 6.07) is 141. The summed E-state index contributed by atoms with van der Waals surface area (Å²) in [6.07, 6.45) is 0. The number of fused-ring (bicyclic) bond motifs is 27. The lowest BCUT2D eigenvalue weighted by molar-refractivity contribution is 0.661. The molecule has 27 rings (SSSR count). The smallest absolute Gasteiger partial charge is 0.165 e. The fourth-order valence-electron chi connectivity index (χ4n) is 21.5. The van der Waals surface area contributed by atoms with Crippen molar-refractivity contribution in [2.45, 2.75) is 19.3 Å². The molecule has 7 aromatic heterocycles. The number of aromatic nitrogens is 9. The van der Waals surface area contributed by atoms with Crippen molar-refractivity contribution < 1.29 is 0 Å². The highest BCUT2D eigenvalue weighted by Gasteiger charge is 2.39. The summed E-state index contributed by atoms with van der Waals surface area (Å²) in [7, 11) is 0. The zero-order chi connectivity index (χ0) is 79.9. The van der Waals surface area contributed by atoms with Crippen LogP contribution in [-0.2, 0) is 5.41 Å². The molecule has 19 aromatic carbocycles. The van der Waals surface area contributed by atoms with Crippen LogP contribution in [0.1, 0.15) is 25.0 Å². The molecule has 7 heterocycles. The van der Waals surface area contributed by atoms with Gasteiger partial charge in [0.25, 0.3) is 0 Å². The maximum absolute atomic E-state index is 6.08. The number of hydrogen-bond acceptors (Lipinski definition) is 4. The summed E-state index contributed by atoms with van der Waals surface area (Å²) in [6.45, 7) is 4.72. The fourth-order valence-corrected chi connectivity index (χ4v) is 21.5.